The number of aliphatic hydroxyl groups excluding tert-OH is 1. The number of hydrogen-bond acceptors (Lipinski definition) is 3. The Kier molecular flexibility index (Phi) is 4.25. The van der Waals surface area contributed by atoms with Crippen molar-refractivity contribution in [1.29, 1.82) is 0 Å². The molecular formula is C15H23NO2. The lowest BCUT2D eigenvalue weighted by molar-refractivity contribution is 0.117. The molecule has 3 heteroatoms. The molecule has 0 amide bonds. The number of nitrogens with zero attached hydrogens (tertiary/aromatic N) is 1. The van der Waals surface area contributed by atoms with Crippen LogP contribution in [0.2, 0.25) is 0 Å². The highest BCUT2D eigenvalue weighted by molar-refractivity contribution is 5.39. The maximum absolute atomic E-state index is 9.48. The Labute approximate surface area is 109 Å². The molecule has 0 bridgehead atoms. The normalized spacial score (nSPS) is 18.1. The maximum atomic E-state index is 9.48. The molecule has 0 saturated carbocycles. The second kappa shape index (κ2) is 5.72. The summed E-state index contributed by atoms with van der Waals surface area (Å²) in [6.07, 6.45) is -0.290. The number of hydrogen-bond donors (Lipinski definition) is 1. The van der Waals surface area contributed by atoms with Crippen molar-refractivity contribution in [3.8, 4) is 5.75 Å². The fourth-order valence-electron chi connectivity index (χ4n) is 2.33. The fourth-order valence-corrected chi connectivity index (χ4v) is 2.33. The maximum Gasteiger partial charge on any atom is 0.124 e. The molecule has 1 atom stereocenters. The van der Waals surface area contributed by atoms with Crippen molar-refractivity contribution >= 4 is 0 Å². The molecule has 1 aromatic carbocycles. The van der Waals surface area contributed by atoms with Gasteiger partial charge in [-0.3, -0.25) is 4.90 Å². The van der Waals surface area contributed by atoms with E-state index in [-0.39, 0.29) is 6.10 Å². The lowest BCUT2D eigenvalue weighted by Gasteiger charge is -2.20. The SMILES string of the molecule is CC(C)c1ccc2c(c1)OCCN(C[C@H](C)O)C2. The van der Waals surface area contributed by atoms with E-state index < -0.39 is 0 Å². The van der Waals surface area contributed by atoms with Gasteiger partial charge in [0.05, 0.1) is 6.10 Å². The molecule has 18 heavy (non-hydrogen) atoms. The zero-order chi connectivity index (χ0) is 13.1. The van der Waals surface area contributed by atoms with Gasteiger partial charge in [0.25, 0.3) is 0 Å². The summed E-state index contributed by atoms with van der Waals surface area (Å²) in [4.78, 5) is 2.24. The Balaban J connectivity index is 2.17. The second-order valence-electron chi connectivity index (χ2n) is 5.45. The molecule has 3 nitrogen and oxygen atoms in total. The van der Waals surface area contributed by atoms with E-state index in [4.69, 9.17) is 4.74 Å². The molecule has 0 unspecified atom stereocenters. The summed E-state index contributed by atoms with van der Waals surface area (Å²) in [5.74, 6) is 1.53. The second-order valence-corrected chi connectivity index (χ2v) is 5.45. The van der Waals surface area contributed by atoms with Crippen molar-refractivity contribution in [3.05, 3.63) is 29.3 Å². The first-order chi connectivity index (χ1) is 8.56. The Morgan fingerprint density at radius 1 is 1.33 bits per heavy atom. The molecule has 0 aromatic heterocycles. The van der Waals surface area contributed by atoms with Crippen LogP contribution in [0.1, 0.15) is 37.8 Å². The Hall–Kier alpha value is -1.06. The first-order valence-corrected chi connectivity index (χ1v) is 6.72. The van der Waals surface area contributed by atoms with Crippen molar-refractivity contribution < 1.29 is 9.84 Å². The number of ether oxygens (including phenoxy) is 1. The summed E-state index contributed by atoms with van der Waals surface area (Å²) < 4.78 is 5.83. The summed E-state index contributed by atoms with van der Waals surface area (Å²) in [5.41, 5.74) is 2.54. The summed E-state index contributed by atoms with van der Waals surface area (Å²) in [7, 11) is 0. The quantitative estimate of drug-likeness (QED) is 0.892. The number of aliphatic hydroxyl groups is 1. The number of fused-ring (bicyclic) bond motifs is 1. The third-order valence-electron chi connectivity index (χ3n) is 3.34. The molecule has 0 aliphatic carbocycles. The highest BCUT2D eigenvalue weighted by Crippen LogP contribution is 2.27. The number of β-amino-alcohol motifs (C(OH)–C–C–N with tert-alkyl or cyclic N) is 1. The van der Waals surface area contributed by atoms with E-state index >= 15 is 0 Å². The standard InChI is InChI=1S/C15H23NO2/c1-11(2)13-4-5-14-10-16(9-12(3)17)6-7-18-15(14)8-13/h4-5,8,11-12,17H,6-7,9-10H2,1-3H3/t12-/m0/s1. The molecule has 0 fully saturated rings. The van der Waals surface area contributed by atoms with E-state index in [1.807, 2.05) is 6.92 Å². The molecule has 1 heterocycles. The molecule has 1 aliphatic rings. The first kappa shape index (κ1) is 13.4. The molecule has 0 radical (unpaired) electrons. The summed E-state index contributed by atoms with van der Waals surface area (Å²) >= 11 is 0. The number of benzene rings is 1. The molecule has 1 aromatic rings. The molecule has 1 N–H and O–H groups in total. The van der Waals surface area contributed by atoms with Gasteiger partial charge >= 0.3 is 0 Å². The zero-order valence-electron chi connectivity index (χ0n) is 11.5. The molecule has 1 aliphatic heterocycles. The smallest absolute Gasteiger partial charge is 0.124 e. The van der Waals surface area contributed by atoms with E-state index in [0.29, 0.717) is 19.1 Å². The van der Waals surface area contributed by atoms with Crippen LogP contribution in [0.15, 0.2) is 18.2 Å². The van der Waals surface area contributed by atoms with Gasteiger partial charge in [0.1, 0.15) is 12.4 Å². The van der Waals surface area contributed by atoms with Gasteiger partial charge in [0, 0.05) is 25.2 Å². The molecule has 2 rings (SSSR count). The van der Waals surface area contributed by atoms with E-state index in [1.165, 1.54) is 11.1 Å². The minimum atomic E-state index is -0.290. The van der Waals surface area contributed by atoms with Gasteiger partial charge in [-0.25, -0.2) is 0 Å². The molecule has 0 saturated heterocycles. The monoisotopic (exact) mass is 249 g/mol. The van der Waals surface area contributed by atoms with Crippen LogP contribution in [0.4, 0.5) is 0 Å². The van der Waals surface area contributed by atoms with Gasteiger partial charge in [0.15, 0.2) is 0 Å². The highest BCUT2D eigenvalue weighted by Gasteiger charge is 2.17. The summed E-state index contributed by atoms with van der Waals surface area (Å²) in [6.45, 7) is 9.34. The Morgan fingerprint density at radius 2 is 2.11 bits per heavy atom. The van der Waals surface area contributed by atoms with Crippen molar-refractivity contribution in [3.63, 3.8) is 0 Å². The van der Waals surface area contributed by atoms with E-state index in [9.17, 15) is 5.11 Å². The van der Waals surface area contributed by atoms with Gasteiger partial charge in [-0.15, -0.1) is 0 Å². The zero-order valence-corrected chi connectivity index (χ0v) is 11.5. The van der Waals surface area contributed by atoms with Crippen molar-refractivity contribution in [2.24, 2.45) is 0 Å². The van der Waals surface area contributed by atoms with Crippen molar-refractivity contribution in [1.82, 2.24) is 4.90 Å². The van der Waals surface area contributed by atoms with Crippen molar-refractivity contribution in [2.75, 3.05) is 19.7 Å². The van der Waals surface area contributed by atoms with Crippen LogP contribution in [-0.4, -0.2) is 35.8 Å². The largest absolute Gasteiger partial charge is 0.492 e. The van der Waals surface area contributed by atoms with Gasteiger partial charge in [-0.1, -0.05) is 26.0 Å². The molecular weight excluding hydrogens is 226 g/mol. The lowest BCUT2D eigenvalue weighted by Crippen LogP contribution is -2.32. The number of rotatable bonds is 3. The fraction of sp³-hybridized carbons (Fsp3) is 0.600. The summed E-state index contributed by atoms with van der Waals surface area (Å²) in [6, 6.07) is 6.50. The predicted octanol–water partition coefficient (Wildman–Crippen LogP) is 2.39. The first-order valence-electron chi connectivity index (χ1n) is 6.72. The lowest BCUT2D eigenvalue weighted by atomic mass is 10.0. The highest BCUT2D eigenvalue weighted by atomic mass is 16.5. The van der Waals surface area contributed by atoms with Crippen LogP contribution in [0.25, 0.3) is 0 Å². The third-order valence-corrected chi connectivity index (χ3v) is 3.34. The Bertz CT molecular complexity index is 401. The van der Waals surface area contributed by atoms with Gasteiger partial charge in [-0.2, -0.15) is 0 Å². The summed E-state index contributed by atoms with van der Waals surface area (Å²) in [5, 5.41) is 9.48. The minimum absolute atomic E-state index is 0.290. The third kappa shape index (κ3) is 3.24. The molecule has 100 valence electrons. The topological polar surface area (TPSA) is 32.7 Å². The van der Waals surface area contributed by atoms with Gasteiger partial charge < -0.3 is 9.84 Å². The van der Waals surface area contributed by atoms with E-state index in [2.05, 4.69) is 36.9 Å². The van der Waals surface area contributed by atoms with Crippen LogP contribution in [0.3, 0.4) is 0 Å². The van der Waals surface area contributed by atoms with Crippen LogP contribution in [0.5, 0.6) is 5.75 Å². The minimum Gasteiger partial charge on any atom is -0.492 e. The van der Waals surface area contributed by atoms with Crippen molar-refractivity contribution in [2.45, 2.75) is 39.3 Å². The predicted molar refractivity (Wildman–Crippen MR) is 73.0 cm³/mol. The Morgan fingerprint density at radius 3 is 2.78 bits per heavy atom. The van der Waals surface area contributed by atoms with Crippen LogP contribution in [-0.2, 0) is 6.54 Å². The van der Waals surface area contributed by atoms with Crippen LogP contribution < -0.4 is 4.74 Å². The average molecular weight is 249 g/mol. The van der Waals surface area contributed by atoms with Gasteiger partial charge in [-0.05, 0) is 24.5 Å². The van der Waals surface area contributed by atoms with E-state index in [0.717, 1.165) is 18.8 Å². The van der Waals surface area contributed by atoms with E-state index in [1.54, 1.807) is 0 Å². The van der Waals surface area contributed by atoms with Crippen LogP contribution >= 0.6 is 0 Å². The average Bonchev–Trinajstić information content (AvgIpc) is 2.48. The molecule has 0 spiro atoms. The van der Waals surface area contributed by atoms with Gasteiger partial charge in [0.2, 0.25) is 0 Å². The van der Waals surface area contributed by atoms with Crippen LogP contribution in [0, 0.1) is 0 Å².